The second-order valence-corrected chi connectivity index (χ2v) is 5.20. The summed E-state index contributed by atoms with van der Waals surface area (Å²) in [5.74, 6) is -0.0520. The Morgan fingerprint density at radius 2 is 2.12 bits per heavy atom. The van der Waals surface area contributed by atoms with Gasteiger partial charge in [0.1, 0.15) is 0 Å². The third-order valence-corrected chi connectivity index (χ3v) is 3.57. The molecule has 0 unspecified atom stereocenters. The molecular weight excluding hydrogens is 322 g/mol. The monoisotopic (exact) mass is 325 g/mol. The lowest BCUT2D eigenvalue weighted by molar-refractivity contribution is 0.388. The van der Waals surface area contributed by atoms with Gasteiger partial charge in [0.05, 0.1) is 15.9 Å². The molecule has 0 spiro atoms. The summed E-state index contributed by atoms with van der Waals surface area (Å²) >= 11 is 9.18. The molecular formula is C8H5BrClNO4S. The first-order valence-electron chi connectivity index (χ1n) is 4.00. The van der Waals surface area contributed by atoms with Gasteiger partial charge in [-0.2, -0.15) is 8.42 Å². The number of aromatic nitrogens is 1. The van der Waals surface area contributed by atoms with Crippen LogP contribution in [-0.2, 0) is 10.4 Å². The predicted molar refractivity (Wildman–Crippen MR) is 63.2 cm³/mol. The third-order valence-electron chi connectivity index (χ3n) is 1.90. The lowest BCUT2D eigenvalue weighted by Crippen LogP contribution is -2.06. The van der Waals surface area contributed by atoms with Crippen molar-refractivity contribution in [3.05, 3.63) is 27.8 Å². The van der Waals surface area contributed by atoms with E-state index in [9.17, 15) is 8.42 Å². The molecule has 1 heterocycles. The van der Waals surface area contributed by atoms with Crippen LogP contribution in [-0.4, -0.2) is 18.0 Å². The van der Waals surface area contributed by atoms with Gasteiger partial charge in [-0.1, -0.05) is 11.6 Å². The molecule has 1 aromatic carbocycles. The number of hydrogen-bond acceptors (Lipinski definition) is 3. The van der Waals surface area contributed by atoms with Crippen LogP contribution in [0.3, 0.4) is 0 Å². The minimum atomic E-state index is -4.56. The molecule has 8 heteroatoms. The van der Waals surface area contributed by atoms with Crippen LogP contribution in [0.25, 0.3) is 10.9 Å². The lowest BCUT2D eigenvalue weighted by Gasteiger charge is -2.01. The van der Waals surface area contributed by atoms with Crippen LogP contribution in [0.15, 0.2) is 22.8 Å². The van der Waals surface area contributed by atoms with Crippen molar-refractivity contribution < 1.29 is 17.2 Å². The second-order valence-electron chi connectivity index (χ2n) is 2.95. The van der Waals surface area contributed by atoms with Crippen molar-refractivity contribution in [2.75, 3.05) is 0 Å². The molecule has 0 aliphatic rings. The van der Waals surface area contributed by atoms with Gasteiger partial charge < -0.3 is 9.17 Å². The molecule has 0 fully saturated rings. The summed E-state index contributed by atoms with van der Waals surface area (Å²) in [6.07, 6.45) is 1.30. The lowest BCUT2D eigenvalue weighted by atomic mass is 10.2. The van der Waals surface area contributed by atoms with Gasteiger partial charge in [0.2, 0.25) is 0 Å². The Kier molecular flexibility index (Phi) is 2.87. The highest BCUT2D eigenvalue weighted by atomic mass is 79.9. The smallest absolute Gasteiger partial charge is 0.359 e. The summed E-state index contributed by atoms with van der Waals surface area (Å²) < 4.78 is 34.8. The quantitative estimate of drug-likeness (QED) is 0.832. The summed E-state index contributed by atoms with van der Waals surface area (Å²) in [5.41, 5.74) is 0.604. The molecule has 0 amide bonds. The molecule has 86 valence electrons. The van der Waals surface area contributed by atoms with Crippen LogP contribution in [0, 0.1) is 0 Å². The van der Waals surface area contributed by atoms with Gasteiger partial charge in [0.25, 0.3) is 0 Å². The van der Waals surface area contributed by atoms with Crippen LogP contribution >= 0.6 is 27.5 Å². The van der Waals surface area contributed by atoms with Crippen molar-refractivity contribution in [1.29, 1.82) is 0 Å². The Balaban J connectivity index is 2.68. The largest absolute Gasteiger partial charge is 0.446 e. The number of H-pyrrole nitrogens is 1. The molecule has 0 aliphatic heterocycles. The minimum absolute atomic E-state index is 0.0520. The van der Waals surface area contributed by atoms with Crippen molar-refractivity contribution in [2.24, 2.45) is 0 Å². The highest BCUT2D eigenvalue weighted by molar-refractivity contribution is 9.10. The molecule has 5 nitrogen and oxygen atoms in total. The Labute approximate surface area is 104 Å². The topological polar surface area (TPSA) is 79.4 Å². The fourth-order valence-electron chi connectivity index (χ4n) is 1.31. The van der Waals surface area contributed by atoms with Crippen molar-refractivity contribution in [1.82, 2.24) is 4.98 Å². The summed E-state index contributed by atoms with van der Waals surface area (Å²) in [6, 6.07) is 3.40. The maximum atomic E-state index is 10.6. The molecule has 0 atom stereocenters. The highest BCUT2D eigenvalue weighted by Gasteiger charge is 2.15. The van der Waals surface area contributed by atoms with Crippen LogP contribution < -0.4 is 4.18 Å². The molecule has 1 aromatic heterocycles. The van der Waals surface area contributed by atoms with E-state index in [4.69, 9.17) is 16.2 Å². The predicted octanol–water partition coefficient (Wildman–Crippen LogP) is 2.77. The van der Waals surface area contributed by atoms with E-state index >= 15 is 0 Å². The summed E-state index contributed by atoms with van der Waals surface area (Å²) in [7, 11) is -4.56. The highest BCUT2D eigenvalue weighted by Crippen LogP contribution is 2.37. The molecule has 0 saturated heterocycles. The summed E-state index contributed by atoms with van der Waals surface area (Å²) in [6.45, 7) is 0. The first kappa shape index (κ1) is 11.7. The summed E-state index contributed by atoms with van der Waals surface area (Å²) in [4.78, 5) is 2.77. The fraction of sp³-hybridized carbons (Fsp3) is 0. The SMILES string of the molecule is O=S(=O)(O)Oc1c[nH]c2ccc(Br)c(Cl)c12. The van der Waals surface area contributed by atoms with E-state index in [1.165, 1.54) is 6.20 Å². The van der Waals surface area contributed by atoms with Gasteiger partial charge in [-0.3, -0.25) is 4.55 Å². The standard InChI is InChI=1S/C8H5BrClNO4S/c9-4-1-2-5-7(8(4)10)6(3-11-5)15-16(12,13)14/h1-3,11H,(H,12,13,14). The van der Waals surface area contributed by atoms with Gasteiger partial charge in [0.15, 0.2) is 5.75 Å². The Hall–Kier alpha value is -0.760. The maximum absolute atomic E-state index is 10.6. The van der Waals surface area contributed by atoms with E-state index in [1.54, 1.807) is 12.1 Å². The Morgan fingerprint density at radius 1 is 1.44 bits per heavy atom. The molecule has 2 rings (SSSR count). The molecule has 0 bridgehead atoms. The van der Waals surface area contributed by atoms with Crippen molar-refractivity contribution in [3.8, 4) is 5.75 Å². The summed E-state index contributed by atoms with van der Waals surface area (Å²) in [5, 5.41) is 0.686. The number of halogens is 2. The average Bonchev–Trinajstić information content (AvgIpc) is 2.53. The van der Waals surface area contributed by atoms with E-state index in [-0.39, 0.29) is 5.75 Å². The zero-order chi connectivity index (χ0) is 11.9. The van der Waals surface area contributed by atoms with Gasteiger partial charge >= 0.3 is 10.4 Å². The van der Waals surface area contributed by atoms with E-state index in [1.807, 2.05) is 0 Å². The van der Waals surface area contributed by atoms with E-state index in [2.05, 4.69) is 25.1 Å². The Morgan fingerprint density at radius 3 is 2.75 bits per heavy atom. The van der Waals surface area contributed by atoms with Crippen LogP contribution in [0.4, 0.5) is 0 Å². The number of aromatic amines is 1. The van der Waals surface area contributed by atoms with Gasteiger partial charge in [0, 0.05) is 10.7 Å². The number of hydrogen-bond donors (Lipinski definition) is 2. The number of nitrogens with one attached hydrogen (secondary N) is 1. The van der Waals surface area contributed by atoms with Crippen molar-refractivity contribution in [2.45, 2.75) is 0 Å². The molecule has 0 radical (unpaired) electrons. The number of fused-ring (bicyclic) bond motifs is 1. The van der Waals surface area contributed by atoms with Crippen LogP contribution in [0.5, 0.6) is 5.75 Å². The Bertz CT molecular complexity index is 651. The maximum Gasteiger partial charge on any atom is 0.446 e. The fourth-order valence-corrected chi connectivity index (χ4v) is 2.25. The van der Waals surface area contributed by atoms with Crippen LogP contribution in [0.2, 0.25) is 5.02 Å². The van der Waals surface area contributed by atoms with E-state index in [0.29, 0.717) is 20.4 Å². The normalized spacial score (nSPS) is 11.9. The van der Waals surface area contributed by atoms with Crippen molar-refractivity contribution in [3.63, 3.8) is 0 Å². The molecule has 16 heavy (non-hydrogen) atoms. The molecule has 0 saturated carbocycles. The number of benzene rings is 1. The van der Waals surface area contributed by atoms with E-state index < -0.39 is 10.4 Å². The van der Waals surface area contributed by atoms with E-state index in [0.717, 1.165) is 0 Å². The zero-order valence-corrected chi connectivity index (χ0v) is 10.7. The molecule has 0 aliphatic carbocycles. The van der Waals surface area contributed by atoms with Gasteiger partial charge in [-0.05, 0) is 28.1 Å². The third kappa shape index (κ3) is 2.17. The van der Waals surface area contributed by atoms with Gasteiger partial charge in [-0.15, -0.1) is 0 Å². The average molecular weight is 327 g/mol. The zero-order valence-electron chi connectivity index (χ0n) is 7.57. The minimum Gasteiger partial charge on any atom is -0.359 e. The number of rotatable bonds is 2. The first-order valence-corrected chi connectivity index (χ1v) is 6.54. The first-order chi connectivity index (χ1) is 7.38. The van der Waals surface area contributed by atoms with Gasteiger partial charge in [-0.25, -0.2) is 0 Å². The van der Waals surface area contributed by atoms with Crippen molar-refractivity contribution >= 4 is 48.8 Å². The van der Waals surface area contributed by atoms with Crippen LogP contribution in [0.1, 0.15) is 0 Å². The molecule has 2 N–H and O–H groups in total. The molecule has 2 aromatic rings. The second kappa shape index (κ2) is 3.92.